The number of hydrogen-bond acceptors (Lipinski definition) is 6. The van der Waals surface area contributed by atoms with E-state index >= 15 is 0 Å². The summed E-state index contributed by atoms with van der Waals surface area (Å²) in [7, 11) is -3.30. The maximum absolute atomic E-state index is 8.12. The summed E-state index contributed by atoms with van der Waals surface area (Å²) in [6, 6.07) is 0. The average Bonchev–Trinajstić information content (AvgIpc) is 3.53. The lowest BCUT2D eigenvalue weighted by Gasteiger charge is -2.52. The van der Waals surface area contributed by atoms with Crippen molar-refractivity contribution in [2.24, 2.45) is 69.0 Å². The summed E-state index contributed by atoms with van der Waals surface area (Å²) < 4.78 is 45.3. The van der Waals surface area contributed by atoms with Gasteiger partial charge in [-0.15, -0.1) is 0 Å². The average molecular weight is 991 g/mol. The molecule has 8 heteroatoms. The third kappa shape index (κ3) is 14.1. The summed E-state index contributed by atoms with van der Waals surface area (Å²) in [5.74, 6) is 3.64. The Balaban J connectivity index is 1.54. The smallest absolute Gasteiger partial charge is 0.309 e. The molecule has 2 heterocycles. The fraction of sp³-hybridized carbons (Fsp3) is 1.00. The van der Waals surface area contributed by atoms with Gasteiger partial charge in [0.2, 0.25) is 0 Å². The second kappa shape index (κ2) is 26.4. The molecule has 2 aliphatic heterocycles. The van der Waals surface area contributed by atoms with Gasteiger partial charge >= 0.3 is 17.2 Å². The minimum atomic E-state index is -1.65. The minimum Gasteiger partial charge on any atom is -0.309 e. The largest absolute Gasteiger partial charge is 0.333 e. The van der Waals surface area contributed by atoms with Crippen LogP contribution in [0.15, 0.2) is 0 Å². The summed E-state index contributed by atoms with van der Waals surface area (Å²) in [5, 5.41) is 0. The highest BCUT2D eigenvalue weighted by atomic mass is 31.2. The monoisotopic (exact) mass is 991 g/mol. The molecule has 14 atom stereocenters. The molecule has 68 heavy (non-hydrogen) atoms. The topological polar surface area (TPSA) is 55.4 Å². The van der Waals surface area contributed by atoms with Gasteiger partial charge in [-0.2, -0.15) is 0 Å². The standard InChI is InChI=1S/C60H112O6P2/c1-15-48(58(12)34-26-21-27-35-58)41-50(60(14)38-30-23-31-39-60)56(66-68-63-53(18-4)46(9)47(10)54(19-5)64-68)55(65-67-61-51(16-2)44(7)45(8)52(17-3)62-67)42-49(59(13)36-28-22-29-37-59)40-43(6)57(11)32-24-20-25-33-57/h43-56H,15-42H2,1-14H3. The van der Waals surface area contributed by atoms with Gasteiger partial charge in [0.25, 0.3) is 0 Å². The Kier molecular flexibility index (Phi) is 22.5. The first-order valence-electron chi connectivity index (χ1n) is 30.1. The van der Waals surface area contributed by atoms with E-state index in [9.17, 15) is 0 Å². The molecule has 0 spiro atoms. The van der Waals surface area contributed by atoms with Crippen molar-refractivity contribution in [3.05, 3.63) is 0 Å². The predicted molar refractivity (Wildman–Crippen MR) is 289 cm³/mol. The summed E-state index contributed by atoms with van der Waals surface area (Å²) in [6.07, 6.45) is 35.3. The van der Waals surface area contributed by atoms with Gasteiger partial charge in [0.05, 0.1) is 36.6 Å². The van der Waals surface area contributed by atoms with Crippen LogP contribution in [0.2, 0.25) is 0 Å². The van der Waals surface area contributed by atoms with Gasteiger partial charge in [0.15, 0.2) is 0 Å². The van der Waals surface area contributed by atoms with E-state index in [1.165, 1.54) is 148 Å². The Bertz CT molecular complexity index is 1400. The highest BCUT2D eigenvalue weighted by Gasteiger charge is 2.53. The lowest BCUT2D eigenvalue weighted by molar-refractivity contribution is -0.0928. The second-order valence-corrected chi connectivity index (χ2v) is 28.3. The van der Waals surface area contributed by atoms with E-state index in [1.54, 1.807) is 0 Å². The van der Waals surface area contributed by atoms with Crippen molar-refractivity contribution in [2.75, 3.05) is 0 Å². The van der Waals surface area contributed by atoms with Crippen LogP contribution in [-0.2, 0) is 27.1 Å². The van der Waals surface area contributed by atoms with E-state index < -0.39 is 17.2 Å². The van der Waals surface area contributed by atoms with Gasteiger partial charge in [-0.3, -0.25) is 0 Å². The first-order valence-corrected chi connectivity index (χ1v) is 32.3. The molecular weight excluding hydrogens is 879 g/mol. The molecule has 398 valence electrons. The molecule has 6 rings (SSSR count). The van der Waals surface area contributed by atoms with Crippen LogP contribution in [0, 0.1) is 69.0 Å². The normalized spacial score (nSPS) is 37.1. The van der Waals surface area contributed by atoms with Crippen molar-refractivity contribution in [2.45, 2.75) is 313 Å². The lowest BCUT2D eigenvalue weighted by Crippen LogP contribution is -2.49. The van der Waals surface area contributed by atoms with Crippen molar-refractivity contribution in [3.63, 3.8) is 0 Å². The molecule has 0 N–H and O–H groups in total. The van der Waals surface area contributed by atoms with Crippen LogP contribution in [0.5, 0.6) is 0 Å². The van der Waals surface area contributed by atoms with Crippen LogP contribution < -0.4 is 0 Å². The molecular formula is C60H112O6P2. The Labute approximate surface area is 424 Å². The molecule has 0 radical (unpaired) electrons. The summed E-state index contributed by atoms with van der Waals surface area (Å²) in [5.41, 5.74) is 1.11. The quantitative estimate of drug-likeness (QED) is 0.107. The van der Waals surface area contributed by atoms with Crippen molar-refractivity contribution < 1.29 is 27.1 Å². The summed E-state index contributed by atoms with van der Waals surface area (Å²) in [6.45, 7) is 34.7. The molecule has 0 aromatic heterocycles. The van der Waals surface area contributed by atoms with E-state index in [2.05, 4.69) is 96.9 Å². The van der Waals surface area contributed by atoms with Gasteiger partial charge in [-0.1, -0.05) is 180 Å². The predicted octanol–water partition coefficient (Wildman–Crippen LogP) is 19.9. The third-order valence-corrected chi connectivity index (χ3v) is 24.5. The second-order valence-electron chi connectivity index (χ2n) is 26.2. The molecule has 0 bridgehead atoms. The Morgan fingerprint density at radius 2 is 0.765 bits per heavy atom. The Hall–Kier alpha value is 0.620. The molecule has 6 aliphatic rings. The molecule has 0 aromatic rings. The van der Waals surface area contributed by atoms with Crippen molar-refractivity contribution >= 4 is 17.2 Å². The summed E-state index contributed by atoms with van der Waals surface area (Å²) >= 11 is 0. The number of rotatable bonds is 21. The highest BCUT2D eigenvalue weighted by Crippen LogP contribution is 2.61. The fourth-order valence-electron chi connectivity index (χ4n) is 15.8. The first kappa shape index (κ1) is 57.9. The maximum Gasteiger partial charge on any atom is 0.333 e. The molecule has 0 amide bonds. The molecule has 0 aromatic carbocycles. The van der Waals surface area contributed by atoms with Crippen molar-refractivity contribution in [1.82, 2.24) is 0 Å². The Morgan fingerprint density at radius 3 is 1.13 bits per heavy atom. The zero-order chi connectivity index (χ0) is 49.3. The van der Waals surface area contributed by atoms with Crippen LogP contribution in [0.4, 0.5) is 0 Å². The van der Waals surface area contributed by atoms with Crippen molar-refractivity contribution in [3.8, 4) is 0 Å². The van der Waals surface area contributed by atoms with Crippen LogP contribution in [0.3, 0.4) is 0 Å². The van der Waals surface area contributed by atoms with Crippen molar-refractivity contribution in [1.29, 1.82) is 0 Å². The Morgan fingerprint density at radius 1 is 0.426 bits per heavy atom. The van der Waals surface area contributed by atoms with E-state index in [-0.39, 0.29) is 47.5 Å². The van der Waals surface area contributed by atoms with Gasteiger partial charge in [-0.25, -0.2) is 0 Å². The van der Waals surface area contributed by atoms with Crippen LogP contribution >= 0.6 is 17.2 Å². The highest BCUT2D eigenvalue weighted by molar-refractivity contribution is 7.42. The van der Waals surface area contributed by atoms with Crippen LogP contribution in [0.1, 0.15) is 277 Å². The van der Waals surface area contributed by atoms with E-state index in [1.807, 2.05) is 0 Å². The maximum atomic E-state index is 8.12. The zero-order valence-corrected chi connectivity index (χ0v) is 49.0. The van der Waals surface area contributed by atoms with Gasteiger partial charge in [-0.05, 0) is 165 Å². The zero-order valence-electron chi connectivity index (χ0n) is 47.2. The van der Waals surface area contributed by atoms with E-state index in [4.69, 9.17) is 27.1 Å². The van der Waals surface area contributed by atoms with E-state index in [0.29, 0.717) is 58.2 Å². The summed E-state index contributed by atoms with van der Waals surface area (Å²) in [4.78, 5) is 0. The van der Waals surface area contributed by atoms with Crippen LogP contribution in [-0.4, -0.2) is 36.6 Å². The SMILES string of the molecule is CCC1OP(OC(CC(CC(C)C2(C)CCCCC2)C2(C)CCCCC2)C(OP2OC(CC)C(C)C(C)C(CC)O2)C(CC(CC)C2(C)CCCCC2)C2(C)CCCCC2)OC(CC)C(C)C1C. The molecule has 4 saturated carbocycles. The van der Waals surface area contributed by atoms with E-state index in [0.717, 1.165) is 32.1 Å². The molecule has 6 fully saturated rings. The molecule has 6 nitrogen and oxygen atoms in total. The first-order chi connectivity index (χ1) is 32.5. The van der Waals surface area contributed by atoms with Gasteiger partial charge < -0.3 is 27.1 Å². The minimum absolute atomic E-state index is 0.100. The van der Waals surface area contributed by atoms with Crippen LogP contribution in [0.25, 0.3) is 0 Å². The van der Waals surface area contributed by atoms with Gasteiger partial charge in [0, 0.05) is 0 Å². The molecule has 2 saturated heterocycles. The molecule has 4 aliphatic carbocycles. The van der Waals surface area contributed by atoms with Gasteiger partial charge in [0.1, 0.15) is 0 Å². The lowest BCUT2D eigenvalue weighted by atomic mass is 9.56. The number of hydrogen-bond donors (Lipinski definition) is 0. The third-order valence-electron chi connectivity index (χ3n) is 21.9. The molecule has 14 unspecified atom stereocenters. The fourth-order valence-corrected chi connectivity index (χ4v) is 19.3.